The Balaban J connectivity index is 1.98. The lowest BCUT2D eigenvalue weighted by molar-refractivity contribution is 0.228. The second-order valence-corrected chi connectivity index (χ2v) is 4.67. The highest BCUT2D eigenvalue weighted by Gasteiger charge is 2.15. The van der Waals surface area contributed by atoms with Crippen molar-refractivity contribution < 1.29 is 4.39 Å². The second-order valence-electron chi connectivity index (χ2n) is 4.67. The first kappa shape index (κ1) is 12.5. The molecule has 2 rings (SSSR count). The zero-order valence-electron chi connectivity index (χ0n) is 10.2. The molecule has 0 saturated carbocycles. The Morgan fingerprint density at radius 2 is 2.12 bits per heavy atom. The number of nitrogens with zero attached hydrogens (tertiary/aromatic N) is 1. The monoisotopic (exact) mass is 237 g/mol. The Bertz CT molecular complexity index is 375. The normalized spacial score (nSPS) is 19.2. The van der Waals surface area contributed by atoms with Crippen LogP contribution < -0.4 is 11.1 Å². The lowest BCUT2D eigenvalue weighted by atomic mass is 10.0. The van der Waals surface area contributed by atoms with Gasteiger partial charge in [-0.05, 0) is 24.1 Å². The predicted molar refractivity (Wildman–Crippen MR) is 67.4 cm³/mol. The zero-order valence-corrected chi connectivity index (χ0v) is 10.2. The number of halogens is 1. The number of nitrogens with two attached hydrogens (primary N) is 1. The van der Waals surface area contributed by atoms with Crippen molar-refractivity contribution in [3.63, 3.8) is 0 Å². The van der Waals surface area contributed by atoms with Crippen LogP contribution in [0.1, 0.15) is 17.2 Å². The summed E-state index contributed by atoms with van der Waals surface area (Å²) in [5.41, 5.74) is 7.84. The van der Waals surface area contributed by atoms with Crippen LogP contribution in [0, 0.1) is 12.7 Å². The van der Waals surface area contributed by atoms with Crippen LogP contribution in [0.15, 0.2) is 18.2 Å². The molecular formula is C13H20FN3. The molecule has 1 aliphatic heterocycles. The summed E-state index contributed by atoms with van der Waals surface area (Å²) in [5, 5.41) is 3.31. The summed E-state index contributed by atoms with van der Waals surface area (Å²) in [5.74, 6) is -0.164. The molecule has 1 aromatic rings. The number of aryl methyl sites for hydroxylation is 1. The van der Waals surface area contributed by atoms with Crippen molar-refractivity contribution in [2.45, 2.75) is 13.0 Å². The third kappa shape index (κ3) is 3.25. The first-order chi connectivity index (χ1) is 8.16. The average Bonchev–Trinajstić information content (AvgIpc) is 2.34. The van der Waals surface area contributed by atoms with Gasteiger partial charge in [0.1, 0.15) is 5.82 Å². The fraction of sp³-hybridized carbons (Fsp3) is 0.538. The van der Waals surface area contributed by atoms with E-state index in [0.29, 0.717) is 5.56 Å². The van der Waals surface area contributed by atoms with E-state index < -0.39 is 0 Å². The molecule has 0 amide bonds. The lowest BCUT2D eigenvalue weighted by Gasteiger charge is -2.29. The van der Waals surface area contributed by atoms with E-state index >= 15 is 0 Å². The average molecular weight is 237 g/mol. The first-order valence-corrected chi connectivity index (χ1v) is 6.11. The van der Waals surface area contributed by atoms with Crippen molar-refractivity contribution in [3.05, 3.63) is 35.1 Å². The van der Waals surface area contributed by atoms with Crippen LogP contribution in [0.2, 0.25) is 0 Å². The lowest BCUT2D eigenvalue weighted by Crippen LogP contribution is -2.45. The fourth-order valence-corrected chi connectivity index (χ4v) is 2.18. The summed E-state index contributed by atoms with van der Waals surface area (Å²) in [7, 11) is 0. The van der Waals surface area contributed by atoms with E-state index in [1.165, 1.54) is 6.07 Å². The third-order valence-corrected chi connectivity index (χ3v) is 3.27. The van der Waals surface area contributed by atoms with Gasteiger partial charge < -0.3 is 11.1 Å². The SMILES string of the molecule is Cc1cc(C(N)CN2CCNCC2)ccc1F. The second kappa shape index (κ2) is 5.58. The summed E-state index contributed by atoms with van der Waals surface area (Å²) >= 11 is 0. The molecule has 0 bridgehead atoms. The Morgan fingerprint density at radius 3 is 2.76 bits per heavy atom. The van der Waals surface area contributed by atoms with Gasteiger partial charge in [-0.3, -0.25) is 4.90 Å². The molecule has 1 atom stereocenters. The Labute approximate surface area is 102 Å². The largest absolute Gasteiger partial charge is 0.323 e. The summed E-state index contributed by atoms with van der Waals surface area (Å²) in [6, 6.07) is 5.10. The highest BCUT2D eigenvalue weighted by molar-refractivity contribution is 5.26. The van der Waals surface area contributed by atoms with Gasteiger partial charge in [0.15, 0.2) is 0 Å². The molecule has 4 heteroatoms. The molecule has 3 nitrogen and oxygen atoms in total. The molecular weight excluding hydrogens is 217 g/mol. The van der Waals surface area contributed by atoms with Gasteiger partial charge in [0, 0.05) is 38.8 Å². The van der Waals surface area contributed by atoms with E-state index in [2.05, 4.69) is 10.2 Å². The van der Waals surface area contributed by atoms with E-state index in [-0.39, 0.29) is 11.9 Å². The van der Waals surface area contributed by atoms with E-state index in [4.69, 9.17) is 5.73 Å². The Hall–Kier alpha value is -0.970. The van der Waals surface area contributed by atoms with Gasteiger partial charge in [0.25, 0.3) is 0 Å². The van der Waals surface area contributed by atoms with E-state index in [9.17, 15) is 4.39 Å². The maximum atomic E-state index is 13.2. The zero-order chi connectivity index (χ0) is 12.3. The van der Waals surface area contributed by atoms with E-state index in [1.54, 1.807) is 13.0 Å². The quantitative estimate of drug-likeness (QED) is 0.825. The molecule has 0 radical (unpaired) electrons. The number of nitrogens with one attached hydrogen (secondary N) is 1. The predicted octanol–water partition coefficient (Wildman–Crippen LogP) is 1.04. The van der Waals surface area contributed by atoms with Gasteiger partial charge in [0.2, 0.25) is 0 Å². The van der Waals surface area contributed by atoms with Crippen LogP contribution in [-0.4, -0.2) is 37.6 Å². The molecule has 3 N–H and O–H groups in total. The minimum Gasteiger partial charge on any atom is -0.323 e. The molecule has 0 aliphatic carbocycles. The minimum atomic E-state index is -0.164. The molecule has 1 saturated heterocycles. The highest BCUT2D eigenvalue weighted by atomic mass is 19.1. The summed E-state index contributed by atoms with van der Waals surface area (Å²) in [6.45, 7) is 6.73. The summed E-state index contributed by atoms with van der Waals surface area (Å²) in [4.78, 5) is 2.35. The van der Waals surface area contributed by atoms with E-state index in [1.807, 2.05) is 6.07 Å². The van der Waals surface area contributed by atoms with Crippen molar-refractivity contribution in [2.24, 2.45) is 5.73 Å². The van der Waals surface area contributed by atoms with E-state index in [0.717, 1.165) is 38.3 Å². The number of piperazine rings is 1. The Morgan fingerprint density at radius 1 is 1.41 bits per heavy atom. The van der Waals surface area contributed by atoms with Gasteiger partial charge in [-0.2, -0.15) is 0 Å². The standard InChI is InChI=1S/C13H20FN3/c1-10-8-11(2-3-12(10)14)13(15)9-17-6-4-16-5-7-17/h2-3,8,13,16H,4-7,9,15H2,1H3. The van der Waals surface area contributed by atoms with Crippen molar-refractivity contribution in [2.75, 3.05) is 32.7 Å². The maximum Gasteiger partial charge on any atom is 0.126 e. The third-order valence-electron chi connectivity index (χ3n) is 3.27. The minimum absolute atomic E-state index is 0.0348. The molecule has 1 unspecified atom stereocenters. The highest BCUT2D eigenvalue weighted by Crippen LogP contribution is 2.16. The molecule has 1 heterocycles. The van der Waals surface area contributed by atoms with Crippen molar-refractivity contribution >= 4 is 0 Å². The van der Waals surface area contributed by atoms with Crippen molar-refractivity contribution in [3.8, 4) is 0 Å². The summed E-state index contributed by atoms with van der Waals surface area (Å²) < 4.78 is 13.2. The first-order valence-electron chi connectivity index (χ1n) is 6.11. The van der Waals surface area contributed by atoms with Gasteiger partial charge in [0.05, 0.1) is 0 Å². The van der Waals surface area contributed by atoms with Gasteiger partial charge >= 0.3 is 0 Å². The smallest absolute Gasteiger partial charge is 0.126 e. The molecule has 0 spiro atoms. The van der Waals surface area contributed by atoms with Crippen molar-refractivity contribution in [1.29, 1.82) is 0 Å². The van der Waals surface area contributed by atoms with Crippen LogP contribution in [0.3, 0.4) is 0 Å². The summed E-state index contributed by atoms with van der Waals surface area (Å²) in [6.07, 6.45) is 0. The van der Waals surface area contributed by atoms with Crippen molar-refractivity contribution in [1.82, 2.24) is 10.2 Å². The molecule has 17 heavy (non-hydrogen) atoms. The fourth-order valence-electron chi connectivity index (χ4n) is 2.18. The van der Waals surface area contributed by atoms with Gasteiger partial charge in [-0.15, -0.1) is 0 Å². The number of rotatable bonds is 3. The van der Waals surface area contributed by atoms with Crippen LogP contribution in [0.4, 0.5) is 4.39 Å². The number of benzene rings is 1. The van der Waals surface area contributed by atoms with Gasteiger partial charge in [-0.1, -0.05) is 12.1 Å². The molecule has 1 aromatic carbocycles. The number of hydrogen-bond donors (Lipinski definition) is 2. The topological polar surface area (TPSA) is 41.3 Å². The molecule has 94 valence electrons. The molecule has 0 aromatic heterocycles. The van der Waals surface area contributed by atoms with Crippen LogP contribution >= 0.6 is 0 Å². The molecule has 1 fully saturated rings. The Kier molecular flexibility index (Phi) is 4.10. The van der Waals surface area contributed by atoms with Crippen LogP contribution in [-0.2, 0) is 0 Å². The number of hydrogen-bond acceptors (Lipinski definition) is 3. The maximum absolute atomic E-state index is 13.2. The molecule has 1 aliphatic rings. The van der Waals surface area contributed by atoms with Crippen LogP contribution in [0.25, 0.3) is 0 Å². The van der Waals surface area contributed by atoms with Gasteiger partial charge in [-0.25, -0.2) is 4.39 Å². The van der Waals surface area contributed by atoms with Crippen LogP contribution in [0.5, 0.6) is 0 Å².